The van der Waals surface area contributed by atoms with E-state index in [9.17, 15) is 14.3 Å². The number of aliphatic hydroxyl groups is 2. The Kier molecular flexibility index (Phi) is 4.62. The summed E-state index contributed by atoms with van der Waals surface area (Å²) in [5.41, 5.74) is -1.54. The van der Waals surface area contributed by atoms with Gasteiger partial charge in [0.15, 0.2) is 0 Å². The molecule has 3 N–H and O–H groups in total. The second-order valence-corrected chi connectivity index (χ2v) is 4.88. The third kappa shape index (κ3) is 4.07. The summed E-state index contributed by atoms with van der Waals surface area (Å²) >= 11 is 3.13. The average Bonchev–Trinajstić information content (AvgIpc) is 2.29. The van der Waals surface area contributed by atoms with Crippen LogP contribution in [0, 0.1) is 5.82 Å². The van der Waals surface area contributed by atoms with E-state index in [1.165, 1.54) is 25.1 Å². The van der Waals surface area contributed by atoms with Crippen LogP contribution in [0.1, 0.15) is 17.3 Å². The molecule has 94 valence electrons. The van der Waals surface area contributed by atoms with Crippen molar-refractivity contribution in [3.05, 3.63) is 34.1 Å². The van der Waals surface area contributed by atoms with Gasteiger partial charge in [0.05, 0.1) is 12.2 Å². The second kappa shape index (κ2) is 5.57. The average molecular weight is 306 g/mol. The van der Waals surface area contributed by atoms with E-state index in [-0.39, 0.29) is 12.1 Å². The highest BCUT2D eigenvalue weighted by Crippen LogP contribution is 2.15. The third-order valence-corrected chi connectivity index (χ3v) is 2.64. The van der Waals surface area contributed by atoms with Gasteiger partial charge in [-0.3, -0.25) is 4.79 Å². The molecule has 0 saturated heterocycles. The van der Waals surface area contributed by atoms with Crippen LogP contribution in [0.15, 0.2) is 22.7 Å². The molecule has 17 heavy (non-hydrogen) atoms. The monoisotopic (exact) mass is 305 g/mol. The minimum absolute atomic E-state index is 0.117. The molecule has 0 aliphatic heterocycles. The molecular weight excluding hydrogens is 293 g/mol. The van der Waals surface area contributed by atoms with Gasteiger partial charge in [-0.25, -0.2) is 4.39 Å². The van der Waals surface area contributed by atoms with Crippen molar-refractivity contribution < 1.29 is 19.4 Å². The molecular formula is C11H13BrFNO3. The highest BCUT2D eigenvalue weighted by atomic mass is 79.9. The Balaban J connectivity index is 2.74. The molecule has 0 fully saturated rings. The summed E-state index contributed by atoms with van der Waals surface area (Å²) in [6.07, 6.45) is 0. The van der Waals surface area contributed by atoms with Crippen LogP contribution in [0.25, 0.3) is 0 Å². The number of hydrogen-bond acceptors (Lipinski definition) is 3. The van der Waals surface area contributed by atoms with E-state index >= 15 is 0 Å². The number of benzene rings is 1. The van der Waals surface area contributed by atoms with E-state index in [4.69, 9.17) is 5.11 Å². The van der Waals surface area contributed by atoms with E-state index in [0.717, 1.165) is 0 Å². The summed E-state index contributed by atoms with van der Waals surface area (Å²) in [6, 6.07) is 4.00. The summed E-state index contributed by atoms with van der Waals surface area (Å²) in [6.45, 7) is 0.715. The largest absolute Gasteiger partial charge is 0.393 e. The van der Waals surface area contributed by atoms with Crippen molar-refractivity contribution in [1.29, 1.82) is 0 Å². The van der Waals surface area contributed by atoms with Crippen LogP contribution in [-0.2, 0) is 0 Å². The van der Waals surface area contributed by atoms with Crippen molar-refractivity contribution in [2.75, 3.05) is 13.2 Å². The third-order valence-electron chi connectivity index (χ3n) is 2.14. The quantitative estimate of drug-likeness (QED) is 0.779. The molecule has 0 heterocycles. The zero-order valence-corrected chi connectivity index (χ0v) is 10.8. The van der Waals surface area contributed by atoms with Gasteiger partial charge in [0.1, 0.15) is 11.4 Å². The van der Waals surface area contributed by atoms with Gasteiger partial charge in [-0.15, -0.1) is 0 Å². The number of carbonyl (C=O) groups excluding carboxylic acids is 1. The van der Waals surface area contributed by atoms with E-state index in [1.807, 2.05) is 0 Å². The lowest BCUT2D eigenvalue weighted by molar-refractivity contribution is 0.00316. The van der Waals surface area contributed by atoms with Crippen molar-refractivity contribution in [2.24, 2.45) is 0 Å². The first-order valence-corrected chi connectivity index (χ1v) is 5.71. The summed E-state index contributed by atoms with van der Waals surface area (Å²) in [5.74, 6) is -1.29. The van der Waals surface area contributed by atoms with Gasteiger partial charge in [-0.2, -0.15) is 0 Å². The first kappa shape index (κ1) is 14.1. The number of hydrogen-bond donors (Lipinski definition) is 3. The maximum absolute atomic E-state index is 13.3. The van der Waals surface area contributed by atoms with Gasteiger partial charge < -0.3 is 15.5 Å². The maximum Gasteiger partial charge on any atom is 0.254 e. The fourth-order valence-corrected chi connectivity index (χ4v) is 1.45. The zero-order chi connectivity index (χ0) is 13.1. The highest BCUT2D eigenvalue weighted by Gasteiger charge is 2.21. The lowest BCUT2D eigenvalue weighted by Gasteiger charge is -2.20. The van der Waals surface area contributed by atoms with Crippen LogP contribution < -0.4 is 5.32 Å². The Bertz CT molecular complexity index is 423. The molecule has 0 aliphatic rings. The van der Waals surface area contributed by atoms with Gasteiger partial charge in [0.2, 0.25) is 0 Å². The topological polar surface area (TPSA) is 69.6 Å². The minimum atomic E-state index is -1.42. The van der Waals surface area contributed by atoms with Crippen molar-refractivity contribution in [3.8, 4) is 0 Å². The van der Waals surface area contributed by atoms with Crippen LogP contribution >= 0.6 is 15.9 Å². The van der Waals surface area contributed by atoms with Crippen LogP contribution in [0.4, 0.5) is 4.39 Å². The lowest BCUT2D eigenvalue weighted by Crippen LogP contribution is -2.43. The van der Waals surface area contributed by atoms with E-state index in [0.29, 0.717) is 4.47 Å². The number of rotatable bonds is 4. The fourth-order valence-electron chi connectivity index (χ4n) is 1.09. The Hall–Kier alpha value is -0.980. The first-order valence-electron chi connectivity index (χ1n) is 4.92. The summed E-state index contributed by atoms with van der Waals surface area (Å²) in [5, 5.41) is 20.6. The van der Waals surface area contributed by atoms with Crippen molar-refractivity contribution in [3.63, 3.8) is 0 Å². The normalized spacial score (nSPS) is 14.2. The Morgan fingerprint density at radius 3 is 2.82 bits per heavy atom. The predicted molar refractivity (Wildman–Crippen MR) is 64.1 cm³/mol. The molecule has 1 rings (SSSR count). The summed E-state index contributed by atoms with van der Waals surface area (Å²) in [4.78, 5) is 11.6. The molecule has 1 amide bonds. The van der Waals surface area contributed by atoms with Crippen LogP contribution in [0.2, 0.25) is 0 Å². The fraction of sp³-hybridized carbons (Fsp3) is 0.364. The predicted octanol–water partition coefficient (Wildman–Crippen LogP) is 1.06. The molecule has 1 unspecified atom stereocenters. The Morgan fingerprint density at radius 2 is 2.24 bits per heavy atom. The smallest absolute Gasteiger partial charge is 0.254 e. The van der Waals surface area contributed by atoms with Crippen LogP contribution in [0.5, 0.6) is 0 Å². The number of amides is 1. The molecule has 0 bridgehead atoms. The van der Waals surface area contributed by atoms with Crippen LogP contribution in [0.3, 0.4) is 0 Å². The molecule has 1 atom stereocenters. The minimum Gasteiger partial charge on any atom is -0.393 e. The standard InChI is InChI=1S/C11H13BrFNO3/c1-11(17,6-15)5-14-10(16)8-4-7(12)2-3-9(8)13/h2-4,15,17H,5-6H2,1H3,(H,14,16). The highest BCUT2D eigenvalue weighted by molar-refractivity contribution is 9.10. The first-order chi connectivity index (χ1) is 7.85. The van der Waals surface area contributed by atoms with Gasteiger partial charge in [0.25, 0.3) is 5.91 Å². The zero-order valence-electron chi connectivity index (χ0n) is 9.20. The summed E-state index contributed by atoms with van der Waals surface area (Å²) in [7, 11) is 0. The number of carbonyl (C=O) groups is 1. The number of halogens is 2. The molecule has 0 saturated carbocycles. The SMILES string of the molecule is CC(O)(CO)CNC(=O)c1cc(Br)ccc1F. The Morgan fingerprint density at radius 1 is 1.59 bits per heavy atom. The summed E-state index contributed by atoms with van der Waals surface area (Å²) < 4.78 is 13.9. The van der Waals surface area contributed by atoms with E-state index in [2.05, 4.69) is 21.2 Å². The van der Waals surface area contributed by atoms with Crippen molar-refractivity contribution in [1.82, 2.24) is 5.32 Å². The molecule has 1 aromatic rings. The lowest BCUT2D eigenvalue weighted by atomic mass is 10.1. The molecule has 0 radical (unpaired) electrons. The van der Waals surface area contributed by atoms with Gasteiger partial charge in [-0.1, -0.05) is 15.9 Å². The molecule has 1 aromatic carbocycles. The molecule has 0 spiro atoms. The second-order valence-electron chi connectivity index (χ2n) is 3.96. The maximum atomic E-state index is 13.3. The molecule has 6 heteroatoms. The van der Waals surface area contributed by atoms with Crippen molar-refractivity contribution >= 4 is 21.8 Å². The van der Waals surface area contributed by atoms with E-state index in [1.54, 1.807) is 0 Å². The molecule has 0 aliphatic carbocycles. The Labute approximate surface area is 107 Å². The van der Waals surface area contributed by atoms with Gasteiger partial charge >= 0.3 is 0 Å². The van der Waals surface area contributed by atoms with Gasteiger partial charge in [0, 0.05) is 11.0 Å². The number of nitrogens with one attached hydrogen (secondary N) is 1. The van der Waals surface area contributed by atoms with Gasteiger partial charge in [-0.05, 0) is 25.1 Å². The van der Waals surface area contributed by atoms with Crippen molar-refractivity contribution in [2.45, 2.75) is 12.5 Å². The molecule has 4 nitrogen and oxygen atoms in total. The molecule has 0 aromatic heterocycles. The van der Waals surface area contributed by atoms with E-state index < -0.39 is 23.9 Å². The van der Waals surface area contributed by atoms with Crippen LogP contribution in [-0.4, -0.2) is 34.9 Å². The number of aliphatic hydroxyl groups excluding tert-OH is 1.